The molecule has 0 radical (unpaired) electrons. The van der Waals surface area contributed by atoms with Gasteiger partial charge in [-0.05, 0) is 91.0 Å². The number of urea groups is 2. The predicted molar refractivity (Wildman–Crippen MR) is 185 cm³/mol. The zero-order valence-electron chi connectivity index (χ0n) is 27.0. The first-order valence-electron chi connectivity index (χ1n) is 16.8. The van der Waals surface area contributed by atoms with Crippen LogP contribution in [-0.2, 0) is 24.1 Å². The minimum absolute atomic E-state index is 0.0388. The normalized spacial score (nSPS) is 18.3. The molecule has 0 aliphatic carbocycles. The average Bonchev–Trinajstić information content (AvgIpc) is 3.27. The second-order valence-corrected chi connectivity index (χ2v) is 13.2. The number of pyridine rings is 1. The van der Waals surface area contributed by atoms with Crippen LogP contribution < -0.4 is 16.4 Å². The number of para-hydroxylation sites is 1. The molecule has 3 aliphatic heterocycles. The zero-order chi connectivity index (χ0) is 32.9. The van der Waals surface area contributed by atoms with Gasteiger partial charge < -0.3 is 31.1 Å². The summed E-state index contributed by atoms with van der Waals surface area (Å²) in [5.74, 6) is 0.285. The second kappa shape index (κ2) is 14.6. The van der Waals surface area contributed by atoms with Crippen LogP contribution in [0.5, 0.6) is 0 Å². The Morgan fingerprint density at radius 1 is 1.00 bits per heavy atom. The molecule has 2 fully saturated rings. The lowest BCUT2D eigenvalue weighted by Gasteiger charge is -2.39. The monoisotopic (exact) mass is 657 g/mol. The highest BCUT2D eigenvalue weighted by Crippen LogP contribution is 2.30. The number of nitrogen functional groups attached to an aromatic ring is 1. The number of hydrogen-bond acceptors (Lipinski definition) is 5. The third-order valence-corrected chi connectivity index (χ3v) is 10.3. The van der Waals surface area contributed by atoms with E-state index in [0.29, 0.717) is 75.0 Å². The van der Waals surface area contributed by atoms with Crippen molar-refractivity contribution in [2.75, 3.05) is 43.8 Å². The molecule has 1 aromatic heterocycles. The minimum Gasteiger partial charge on any atom is -0.397 e. The lowest BCUT2D eigenvalue weighted by Crippen LogP contribution is -2.56. The van der Waals surface area contributed by atoms with Gasteiger partial charge in [0.2, 0.25) is 5.91 Å². The fourth-order valence-corrected chi connectivity index (χ4v) is 7.49. The van der Waals surface area contributed by atoms with E-state index in [-0.39, 0.29) is 24.0 Å². The van der Waals surface area contributed by atoms with E-state index in [9.17, 15) is 14.4 Å². The van der Waals surface area contributed by atoms with Crippen LogP contribution in [0.15, 0.2) is 60.9 Å². The standard InChI is InChI=1S/C36H44ClN7O3/c1-2-25-21-24(22-30(37)33(25)38)23-32(34(45)42-16-9-27(10-17-42)26-7-14-39-15-8-26)41-35(46)43-18-12-29(13-19-43)44-20-11-28-5-3-4-6-31(28)40-36(44)47/h3-8,14-15,21-22,27,29,32H,2,9-13,16-20,23,38H2,1H3,(H,40,47)(H,41,46)/t32-/m1/s1. The van der Waals surface area contributed by atoms with Crippen LogP contribution in [0.1, 0.15) is 60.8 Å². The van der Waals surface area contributed by atoms with Gasteiger partial charge in [0.05, 0.1) is 10.7 Å². The topological polar surface area (TPSA) is 124 Å². The molecule has 2 saturated heterocycles. The summed E-state index contributed by atoms with van der Waals surface area (Å²) in [5.41, 5.74) is 11.8. The number of amides is 5. The summed E-state index contributed by atoms with van der Waals surface area (Å²) >= 11 is 6.48. The van der Waals surface area contributed by atoms with Crippen molar-refractivity contribution in [3.05, 3.63) is 88.2 Å². The van der Waals surface area contributed by atoms with Crippen LogP contribution in [0.2, 0.25) is 5.02 Å². The summed E-state index contributed by atoms with van der Waals surface area (Å²) in [4.78, 5) is 50.6. The molecule has 11 heteroatoms. The second-order valence-electron chi connectivity index (χ2n) is 12.8. The quantitative estimate of drug-likeness (QED) is 0.291. The maximum atomic E-state index is 14.1. The number of piperidine rings is 2. The van der Waals surface area contributed by atoms with Crippen LogP contribution >= 0.6 is 11.6 Å². The molecule has 4 heterocycles. The van der Waals surface area contributed by atoms with Gasteiger partial charge >= 0.3 is 12.1 Å². The van der Waals surface area contributed by atoms with Crippen molar-refractivity contribution in [2.24, 2.45) is 0 Å². The third-order valence-electron chi connectivity index (χ3n) is 10.0. The molecule has 3 aromatic rings. The Labute approximate surface area is 281 Å². The summed E-state index contributed by atoms with van der Waals surface area (Å²) in [6, 6.07) is 14.7. The van der Waals surface area contributed by atoms with Gasteiger partial charge in [-0.2, -0.15) is 0 Å². The number of anilines is 2. The first kappa shape index (κ1) is 32.6. The molecule has 6 rings (SSSR count). The van der Waals surface area contributed by atoms with Gasteiger partial charge in [0.1, 0.15) is 6.04 Å². The summed E-state index contributed by atoms with van der Waals surface area (Å²) in [6.45, 7) is 4.89. The predicted octanol–water partition coefficient (Wildman–Crippen LogP) is 5.46. The SMILES string of the molecule is CCc1cc(C[C@@H](NC(=O)N2CCC(N3CCc4ccccc4NC3=O)CC2)C(=O)N2CCC(c3ccncc3)CC2)cc(Cl)c1N. The molecule has 0 unspecified atom stereocenters. The van der Waals surface area contributed by atoms with Crippen molar-refractivity contribution in [3.8, 4) is 0 Å². The summed E-state index contributed by atoms with van der Waals surface area (Å²) < 4.78 is 0. The number of nitrogens with zero attached hydrogens (tertiary/aromatic N) is 4. The number of carbonyl (C=O) groups is 3. The number of aryl methyl sites for hydroxylation is 1. The number of likely N-dealkylation sites (tertiary alicyclic amines) is 2. The molecule has 1 atom stereocenters. The minimum atomic E-state index is -0.753. The fraction of sp³-hybridized carbons (Fsp3) is 0.444. The smallest absolute Gasteiger partial charge is 0.322 e. The van der Waals surface area contributed by atoms with Gasteiger partial charge in [-0.3, -0.25) is 9.78 Å². The summed E-state index contributed by atoms with van der Waals surface area (Å²) in [7, 11) is 0. The van der Waals surface area contributed by atoms with E-state index in [0.717, 1.165) is 41.6 Å². The number of hydrogen-bond donors (Lipinski definition) is 3. The average molecular weight is 658 g/mol. The number of fused-ring (bicyclic) bond motifs is 1. The van der Waals surface area contributed by atoms with Crippen LogP contribution in [0.3, 0.4) is 0 Å². The van der Waals surface area contributed by atoms with Crippen molar-refractivity contribution in [2.45, 2.75) is 69.9 Å². The Kier molecular flexibility index (Phi) is 10.2. The van der Waals surface area contributed by atoms with Crippen molar-refractivity contribution < 1.29 is 14.4 Å². The number of benzene rings is 2. The maximum Gasteiger partial charge on any atom is 0.322 e. The Hall–Kier alpha value is -4.31. The lowest BCUT2D eigenvalue weighted by atomic mass is 9.89. The van der Waals surface area contributed by atoms with Crippen LogP contribution in [0.25, 0.3) is 0 Å². The highest BCUT2D eigenvalue weighted by Gasteiger charge is 2.34. The van der Waals surface area contributed by atoms with Gasteiger partial charge in [0.15, 0.2) is 0 Å². The molecular weight excluding hydrogens is 614 g/mol. The van der Waals surface area contributed by atoms with Crippen LogP contribution in [-0.4, -0.2) is 82.5 Å². The van der Waals surface area contributed by atoms with E-state index < -0.39 is 6.04 Å². The Balaban J connectivity index is 1.11. The van der Waals surface area contributed by atoms with Crippen molar-refractivity contribution in [1.29, 1.82) is 0 Å². The van der Waals surface area contributed by atoms with E-state index in [4.69, 9.17) is 17.3 Å². The highest BCUT2D eigenvalue weighted by molar-refractivity contribution is 6.33. The first-order chi connectivity index (χ1) is 22.8. The van der Waals surface area contributed by atoms with Gasteiger partial charge in [0.25, 0.3) is 0 Å². The molecule has 2 aromatic carbocycles. The lowest BCUT2D eigenvalue weighted by molar-refractivity contribution is -0.134. The fourth-order valence-electron chi connectivity index (χ4n) is 7.23. The van der Waals surface area contributed by atoms with E-state index in [1.54, 1.807) is 11.0 Å². The van der Waals surface area contributed by atoms with Crippen LogP contribution in [0, 0.1) is 0 Å². The molecule has 248 valence electrons. The molecule has 0 saturated carbocycles. The van der Waals surface area contributed by atoms with E-state index in [2.05, 4.69) is 15.6 Å². The molecule has 0 spiro atoms. The maximum absolute atomic E-state index is 14.1. The Morgan fingerprint density at radius 3 is 2.43 bits per heavy atom. The Morgan fingerprint density at radius 2 is 1.70 bits per heavy atom. The first-order valence-corrected chi connectivity index (χ1v) is 17.1. The highest BCUT2D eigenvalue weighted by atomic mass is 35.5. The molecular formula is C36H44ClN7O3. The van der Waals surface area contributed by atoms with E-state index in [1.165, 1.54) is 5.56 Å². The van der Waals surface area contributed by atoms with E-state index >= 15 is 0 Å². The van der Waals surface area contributed by atoms with Crippen molar-refractivity contribution >= 4 is 40.9 Å². The molecule has 4 N–H and O–H groups in total. The van der Waals surface area contributed by atoms with Crippen molar-refractivity contribution in [3.63, 3.8) is 0 Å². The molecule has 47 heavy (non-hydrogen) atoms. The number of nitrogens with one attached hydrogen (secondary N) is 2. The van der Waals surface area contributed by atoms with E-state index in [1.807, 2.05) is 71.6 Å². The third kappa shape index (κ3) is 7.48. The molecule has 3 aliphatic rings. The number of nitrogens with two attached hydrogens (primary N) is 1. The molecule has 5 amide bonds. The van der Waals surface area contributed by atoms with Gasteiger partial charge in [-0.15, -0.1) is 0 Å². The zero-order valence-corrected chi connectivity index (χ0v) is 27.7. The number of halogens is 1. The largest absolute Gasteiger partial charge is 0.397 e. The van der Waals surface area contributed by atoms with Gasteiger partial charge in [-0.25, -0.2) is 9.59 Å². The number of aromatic nitrogens is 1. The van der Waals surface area contributed by atoms with Gasteiger partial charge in [0, 0.05) is 63.3 Å². The van der Waals surface area contributed by atoms with Crippen molar-refractivity contribution in [1.82, 2.24) is 25.0 Å². The van der Waals surface area contributed by atoms with Crippen LogP contribution in [0.4, 0.5) is 21.0 Å². The number of carbonyl (C=O) groups excluding carboxylic acids is 3. The Bertz CT molecular complexity index is 1590. The van der Waals surface area contributed by atoms with Gasteiger partial charge in [-0.1, -0.05) is 42.8 Å². The molecule has 0 bridgehead atoms. The number of rotatable bonds is 7. The summed E-state index contributed by atoms with van der Waals surface area (Å²) in [5, 5.41) is 6.60. The summed E-state index contributed by atoms with van der Waals surface area (Å²) in [6.07, 6.45) is 8.48. The molecule has 10 nitrogen and oxygen atoms in total.